The van der Waals surface area contributed by atoms with E-state index in [1.54, 1.807) is 0 Å². The van der Waals surface area contributed by atoms with Crippen LogP contribution in [0.15, 0.2) is 30.3 Å². The highest BCUT2D eigenvalue weighted by atomic mass is 16.5. The Balaban J connectivity index is 1.70. The summed E-state index contributed by atoms with van der Waals surface area (Å²) in [6, 6.07) is 8.69. The summed E-state index contributed by atoms with van der Waals surface area (Å²) in [6.07, 6.45) is 17.4. The van der Waals surface area contributed by atoms with Crippen molar-refractivity contribution in [3.8, 4) is 5.75 Å². The SMILES string of the molecule is CCCCCCCCC1CC=C(c2ccc(OCCC)cc2)CC1. The van der Waals surface area contributed by atoms with E-state index in [-0.39, 0.29) is 0 Å². The lowest BCUT2D eigenvalue weighted by molar-refractivity contribution is 0.317. The lowest BCUT2D eigenvalue weighted by atomic mass is 9.84. The number of rotatable bonds is 11. The minimum atomic E-state index is 0.808. The lowest BCUT2D eigenvalue weighted by Crippen LogP contribution is -2.05. The molecule has 1 heteroatoms. The van der Waals surface area contributed by atoms with Crippen LogP contribution in [0.1, 0.15) is 90.0 Å². The van der Waals surface area contributed by atoms with Gasteiger partial charge in [-0.05, 0) is 54.9 Å². The van der Waals surface area contributed by atoms with Gasteiger partial charge < -0.3 is 4.74 Å². The quantitative estimate of drug-likeness (QED) is 0.384. The van der Waals surface area contributed by atoms with Crippen molar-refractivity contribution in [2.24, 2.45) is 5.92 Å². The highest BCUT2D eigenvalue weighted by Gasteiger charge is 2.15. The molecule has 2 rings (SSSR count). The van der Waals surface area contributed by atoms with Crippen LogP contribution in [0.3, 0.4) is 0 Å². The molecule has 0 aromatic heterocycles. The van der Waals surface area contributed by atoms with Crippen molar-refractivity contribution in [1.29, 1.82) is 0 Å². The predicted molar refractivity (Wildman–Crippen MR) is 106 cm³/mol. The molecule has 1 atom stereocenters. The van der Waals surface area contributed by atoms with Crippen LogP contribution in [-0.4, -0.2) is 6.61 Å². The molecule has 0 heterocycles. The zero-order valence-corrected chi connectivity index (χ0v) is 15.9. The largest absolute Gasteiger partial charge is 0.494 e. The summed E-state index contributed by atoms with van der Waals surface area (Å²) in [5.74, 6) is 1.92. The summed E-state index contributed by atoms with van der Waals surface area (Å²) in [5.41, 5.74) is 2.92. The van der Waals surface area contributed by atoms with E-state index in [4.69, 9.17) is 4.74 Å². The van der Waals surface area contributed by atoms with Gasteiger partial charge in [-0.25, -0.2) is 0 Å². The van der Waals surface area contributed by atoms with Crippen LogP contribution in [0.2, 0.25) is 0 Å². The van der Waals surface area contributed by atoms with E-state index < -0.39 is 0 Å². The molecule has 0 saturated carbocycles. The van der Waals surface area contributed by atoms with Crippen molar-refractivity contribution in [2.45, 2.75) is 84.5 Å². The van der Waals surface area contributed by atoms with Gasteiger partial charge in [-0.2, -0.15) is 0 Å². The molecule has 1 aromatic carbocycles. The number of ether oxygens (including phenoxy) is 1. The van der Waals surface area contributed by atoms with Gasteiger partial charge in [0.1, 0.15) is 5.75 Å². The van der Waals surface area contributed by atoms with Crippen LogP contribution in [0.25, 0.3) is 5.57 Å². The van der Waals surface area contributed by atoms with E-state index in [0.717, 1.165) is 24.7 Å². The molecule has 0 radical (unpaired) electrons. The topological polar surface area (TPSA) is 9.23 Å². The molecular formula is C23H36O. The van der Waals surface area contributed by atoms with Crippen molar-refractivity contribution in [2.75, 3.05) is 6.61 Å². The zero-order valence-electron chi connectivity index (χ0n) is 15.9. The molecule has 0 bridgehead atoms. The fourth-order valence-electron chi connectivity index (χ4n) is 3.61. The molecule has 0 fully saturated rings. The molecule has 1 aliphatic carbocycles. The second-order valence-corrected chi connectivity index (χ2v) is 7.30. The molecule has 1 aromatic rings. The second-order valence-electron chi connectivity index (χ2n) is 7.30. The summed E-state index contributed by atoms with van der Waals surface area (Å²) < 4.78 is 5.67. The summed E-state index contributed by atoms with van der Waals surface area (Å²) in [7, 11) is 0. The van der Waals surface area contributed by atoms with E-state index in [0.29, 0.717) is 0 Å². The first-order chi connectivity index (χ1) is 11.8. The van der Waals surface area contributed by atoms with Crippen molar-refractivity contribution < 1.29 is 4.74 Å². The summed E-state index contributed by atoms with van der Waals surface area (Å²) >= 11 is 0. The minimum Gasteiger partial charge on any atom is -0.494 e. The minimum absolute atomic E-state index is 0.808. The predicted octanol–water partition coefficient (Wildman–Crippen LogP) is 7.41. The van der Waals surface area contributed by atoms with Crippen LogP contribution in [0, 0.1) is 5.92 Å². The Morgan fingerprint density at radius 1 is 0.917 bits per heavy atom. The fraction of sp³-hybridized carbons (Fsp3) is 0.652. The Morgan fingerprint density at radius 2 is 1.67 bits per heavy atom. The van der Waals surface area contributed by atoms with E-state index in [9.17, 15) is 0 Å². The van der Waals surface area contributed by atoms with Gasteiger partial charge in [-0.1, -0.05) is 77.0 Å². The maximum atomic E-state index is 5.67. The monoisotopic (exact) mass is 328 g/mol. The summed E-state index contributed by atoms with van der Waals surface area (Å²) in [4.78, 5) is 0. The first kappa shape index (κ1) is 19.1. The van der Waals surface area contributed by atoms with Gasteiger partial charge in [0.05, 0.1) is 6.61 Å². The van der Waals surface area contributed by atoms with E-state index in [1.807, 2.05) is 0 Å². The maximum Gasteiger partial charge on any atom is 0.119 e. The van der Waals surface area contributed by atoms with E-state index >= 15 is 0 Å². The molecule has 0 amide bonds. The van der Waals surface area contributed by atoms with E-state index in [1.165, 1.54) is 75.3 Å². The van der Waals surface area contributed by atoms with Gasteiger partial charge in [0, 0.05) is 0 Å². The average Bonchev–Trinajstić information content (AvgIpc) is 2.64. The van der Waals surface area contributed by atoms with Gasteiger partial charge in [-0.3, -0.25) is 0 Å². The number of benzene rings is 1. The van der Waals surface area contributed by atoms with Gasteiger partial charge in [0.25, 0.3) is 0 Å². The molecule has 1 aliphatic rings. The second kappa shape index (κ2) is 11.3. The van der Waals surface area contributed by atoms with Gasteiger partial charge in [-0.15, -0.1) is 0 Å². The molecule has 1 nitrogen and oxygen atoms in total. The van der Waals surface area contributed by atoms with Crippen LogP contribution in [-0.2, 0) is 0 Å². The third-order valence-corrected chi connectivity index (χ3v) is 5.18. The molecule has 0 N–H and O–H groups in total. The average molecular weight is 329 g/mol. The van der Waals surface area contributed by atoms with Crippen LogP contribution >= 0.6 is 0 Å². The third-order valence-electron chi connectivity index (χ3n) is 5.18. The molecule has 0 spiro atoms. The molecule has 134 valence electrons. The number of allylic oxidation sites excluding steroid dienone is 2. The standard InChI is InChI=1S/C23H36O/c1-3-5-6-7-8-9-10-20-11-13-21(14-12-20)22-15-17-23(18-16-22)24-19-4-2/h13,15-18,20H,3-12,14,19H2,1-2H3. The normalized spacial score (nSPS) is 17.6. The lowest BCUT2D eigenvalue weighted by Gasteiger charge is -2.22. The van der Waals surface area contributed by atoms with Gasteiger partial charge in [0.15, 0.2) is 0 Å². The molecular weight excluding hydrogens is 292 g/mol. The Morgan fingerprint density at radius 3 is 2.33 bits per heavy atom. The van der Waals surface area contributed by atoms with Crippen molar-refractivity contribution in [3.05, 3.63) is 35.9 Å². The van der Waals surface area contributed by atoms with Crippen molar-refractivity contribution in [3.63, 3.8) is 0 Å². The number of unbranched alkanes of at least 4 members (excludes halogenated alkanes) is 5. The van der Waals surface area contributed by atoms with Crippen LogP contribution in [0.5, 0.6) is 5.75 Å². The molecule has 24 heavy (non-hydrogen) atoms. The first-order valence-corrected chi connectivity index (χ1v) is 10.3. The Labute approximate surface area is 149 Å². The third kappa shape index (κ3) is 6.71. The van der Waals surface area contributed by atoms with Gasteiger partial charge >= 0.3 is 0 Å². The molecule has 0 aliphatic heterocycles. The summed E-state index contributed by atoms with van der Waals surface area (Å²) in [6.45, 7) is 5.24. The Bertz CT molecular complexity index is 471. The molecule has 0 saturated heterocycles. The Kier molecular flexibility index (Phi) is 9.02. The summed E-state index contributed by atoms with van der Waals surface area (Å²) in [5, 5.41) is 0. The van der Waals surface area contributed by atoms with Crippen LogP contribution < -0.4 is 4.74 Å². The van der Waals surface area contributed by atoms with Gasteiger partial charge in [0.2, 0.25) is 0 Å². The highest BCUT2D eigenvalue weighted by molar-refractivity contribution is 5.66. The van der Waals surface area contributed by atoms with Crippen molar-refractivity contribution in [1.82, 2.24) is 0 Å². The fourth-order valence-corrected chi connectivity index (χ4v) is 3.61. The smallest absolute Gasteiger partial charge is 0.119 e. The van der Waals surface area contributed by atoms with E-state index in [2.05, 4.69) is 44.2 Å². The number of hydrogen-bond donors (Lipinski definition) is 0. The van der Waals surface area contributed by atoms with Crippen molar-refractivity contribution >= 4 is 5.57 Å². The molecule has 1 unspecified atom stereocenters. The Hall–Kier alpha value is -1.24. The maximum absolute atomic E-state index is 5.67. The first-order valence-electron chi connectivity index (χ1n) is 10.3. The number of hydrogen-bond acceptors (Lipinski definition) is 1. The van der Waals surface area contributed by atoms with Crippen LogP contribution in [0.4, 0.5) is 0 Å². The highest BCUT2D eigenvalue weighted by Crippen LogP contribution is 2.33. The zero-order chi connectivity index (χ0) is 17.0.